The van der Waals surface area contributed by atoms with E-state index in [1.165, 1.54) is 40.0 Å². The highest BCUT2D eigenvalue weighted by Crippen LogP contribution is 2.34. The summed E-state index contributed by atoms with van der Waals surface area (Å²) in [5, 5.41) is 10.1. The molecule has 2 nitrogen and oxygen atoms in total. The van der Waals surface area contributed by atoms with Crippen molar-refractivity contribution in [2.45, 2.75) is 53.4 Å². The average Bonchev–Trinajstić information content (AvgIpc) is 2.96. The van der Waals surface area contributed by atoms with Crippen molar-refractivity contribution in [1.29, 1.82) is 0 Å². The van der Waals surface area contributed by atoms with Crippen LogP contribution in [0.2, 0.25) is 0 Å². The molecule has 1 heterocycles. The van der Waals surface area contributed by atoms with Crippen molar-refractivity contribution in [3.05, 3.63) is 34.2 Å². The SMILES string of the molecule is CC.CC.O=C(O)c1cc2ccc3c(c2s1)CCCC3. The minimum absolute atomic E-state index is 0.453. The van der Waals surface area contributed by atoms with Crippen LogP contribution in [0.4, 0.5) is 0 Å². The van der Waals surface area contributed by atoms with Crippen molar-refractivity contribution in [2.75, 3.05) is 0 Å². The fourth-order valence-electron chi connectivity index (χ4n) is 2.43. The number of hydrogen-bond acceptors (Lipinski definition) is 2. The van der Waals surface area contributed by atoms with Crippen LogP contribution in [-0.4, -0.2) is 11.1 Å². The van der Waals surface area contributed by atoms with E-state index < -0.39 is 5.97 Å². The Hall–Kier alpha value is -1.35. The first kappa shape index (κ1) is 16.7. The second-order valence-corrected chi connectivity index (χ2v) is 5.30. The maximum Gasteiger partial charge on any atom is 0.345 e. The molecule has 1 aromatic carbocycles. The molecule has 0 unspecified atom stereocenters. The third kappa shape index (κ3) is 3.40. The molecule has 1 aliphatic rings. The molecule has 1 aromatic heterocycles. The molecule has 20 heavy (non-hydrogen) atoms. The molecule has 0 aliphatic heterocycles. The fourth-order valence-corrected chi connectivity index (χ4v) is 3.53. The number of hydrogen-bond donors (Lipinski definition) is 1. The Morgan fingerprint density at radius 2 is 1.75 bits per heavy atom. The summed E-state index contributed by atoms with van der Waals surface area (Å²) in [5.74, 6) is -0.814. The van der Waals surface area contributed by atoms with Crippen LogP contribution in [0.15, 0.2) is 18.2 Å². The third-order valence-corrected chi connectivity index (χ3v) is 4.42. The summed E-state index contributed by atoms with van der Waals surface area (Å²) in [7, 11) is 0. The van der Waals surface area contributed by atoms with Crippen molar-refractivity contribution in [2.24, 2.45) is 0 Å². The molecule has 1 N–H and O–H groups in total. The van der Waals surface area contributed by atoms with Gasteiger partial charge in [-0.1, -0.05) is 39.8 Å². The van der Waals surface area contributed by atoms with Gasteiger partial charge in [-0.25, -0.2) is 4.79 Å². The number of aromatic carboxylic acids is 1. The molecule has 0 radical (unpaired) electrons. The van der Waals surface area contributed by atoms with Gasteiger partial charge in [0.1, 0.15) is 4.88 Å². The van der Waals surface area contributed by atoms with Gasteiger partial charge >= 0.3 is 5.97 Å². The molecule has 0 saturated heterocycles. The van der Waals surface area contributed by atoms with Gasteiger partial charge in [-0.15, -0.1) is 11.3 Å². The van der Waals surface area contributed by atoms with E-state index in [2.05, 4.69) is 12.1 Å². The van der Waals surface area contributed by atoms with Crippen molar-refractivity contribution in [1.82, 2.24) is 0 Å². The zero-order valence-corrected chi connectivity index (χ0v) is 13.6. The van der Waals surface area contributed by atoms with Gasteiger partial charge in [0.05, 0.1) is 0 Å². The Bertz CT molecular complexity index is 570. The first-order valence-corrected chi connectivity index (χ1v) is 8.35. The van der Waals surface area contributed by atoms with E-state index in [-0.39, 0.29) is 0 Å². The molecule has 0 spiro atoms. The van der Waals surface area contributed by atoms with Gasteiger partial charge in [0.15, 0.2) is 0 Å². The molecule has 0 fully saturated rings. The zero-order chi connectivity index (χ0) is 15.1. The number of carboxylic acids is 1. The molecule has 110 valence electrons. The van der Waals surface area contributed by atoms with Crippen molar-refractivity contribution < 1.29 is 9.90 Å². The largest absolute Gasteiger partial charge is 0.477 e. The Morgan fingerprint density at radius 1 is 1.10 bits per heavy atom. The first-order valence-electron chi connectivity index (χ1n) is 7.53. The summed E-state index contributed by atoms with van der Waals surface area (Å²) < 4.78 is 1.19. The molecule has 0 amide bonds. The molecule has 0 saturated carbocycles. The van der Waals surface area contributed by atoms with Crippen LogP contribution in [0, 0.1) is 0 Å². The van der Waals surface area contributed by atoms with Gasteiger partial charge in [-0.3, -0.25) is 0 Å². The fraction of sp³-hybridized carbons (Fsp3) is 0.471. The van der Waals surface area contributed by atoms with Gasteiger partial charge in [-0.2, -0.15) is 0 Å². The van der Waals surface area contributed by atoms with Crippen molar-refractivity contribution in [3.8, 4) is 0 Å². The van der Waals surface area contributed by atoms with E-state index in [4.69, 9.17) is 5.11 Å². The van der Waals surface area contributed by atoms with Crippen LogP contribution >= 0.6 is 11.3 Å². The molecular formula is C17H24O2S. The predicted octanol–water partition coefficient (Wildman–Crippen LogP) is 5.53. The van der Waals surface area contributed by atoms with Crippen LogP contribution in [0.25, 0.3) is 10.1 Å². The normalized spacial score (nSPS) is 12.6. The van der Waals surface area contributed by atoms with E-state index in [1.54, 1.807) is 6.07 Å². The highest BCUT2D eigenvalue weighted by atomic mass is 32.1. The van der Waals surface area contributed by atoms with Gasteiger partial charge in [0.2, 0.25) is 0 Å². The quantitative estimate of drug-likeness (QED) is 0.750. The van der Waals surface area contributed by atoms with Crippen molar-refractivity contribution in [3.63, 3.8) is 0 Å². The van der Waals surface area contributed by atoms with Crippen molar-refractivity contribution >= 4 is 27.4 Å². The second kappa shape index (κ2) is 8.05. The predicted molar refractivity (Wildman–Crippen MR) is 88.1 cm³/mol. The summed E-state index contributed by atoms with van der Waals surface area (Å²) in [5.41, 5.74) is 2.80. The van der Waals surface area contributed by atoms with Gasteiger partial charge < -0.3 is 5.11 Å². The number of thiophene rings is 1. The lowest BCUT2D eigenvalue weighted by molar-refractivity contribution is 0.0702. The summed E-state index contributed by atoms with van der Waals surface area (Å²) in [6, 6.07) is 6.01. The smallest absolute Gasteiger partial charge is 0.345 e. The number of rotatable bonds is 1. The summed E-state index contributed by atoms with van der Waals surface area (Å²) in [6.07, 6.45) is 4.74. The van der Waals surface area contributed by atoms with Crippen LogP contribution in [0.1, 0.15) is 61.3 Å². The molecule has 0 bridgehead atoms. The van der Waals surface area contributed by atoms with Crippen LogP contribution in [0.3, 0.4) is 0 Å². The molecular weight excluding hydrogens is 268 g/mol. The third-order valence-electron chi connectivity index (χ3n) is 3.22. The van der Waals surface area contributed by atoms with Crippen LogP contribution in [-0.2, 0) is 12.8 Å². The minimum Gasteiger partial charge on any atom is -0.477 e. The summed E-state index contributed by atoms with van der Waals surface area (Å²) in [4.78, 5) is 11.4. The molecule has 3 heteroatoms. The Kier molecular flexibility index (Phi) is 6.73. The maximum atomic E-state index is 10.9. The first-order chi connectivity index (χ1) is 9.75. The van der Waals surface area contributed by atoms with E-state index in [9.17, 15) is 4.79 Å². The van der Waals surface area contributed by atoms with E-state index in [0.29, 0.717) is 4.88 Å². The monoisotopic (exact) mass is 292 g/mol. The van der Waals surface area contributed by atoms with Gasteiger partial charge in [-0.05, 0) is 48.3 Å². The number of fused-ring (bicyclic) bond motifs is 3. The Labute approximate surface area is 125 Å². The molecule has 1 aliphatic carbocycles. The minimum atomic E-state index is -0.814. The second-order valence-electron chi connectivity index (χ2n) is 4.24. The number of aryl methyl sites for hydroxylation is 2. The maximum absolute atomic E-state index is 10.9. The topological polar surface area (TPSA) is 37.3 Å². The van der Waals surface area contributed by atoms with E-state index in [1.807, 2.05) is 27.7 Å². The number of benzene rings is 1. The van der Waals surface area contributed by atoms with Gasteiger partial charge in [0.25, 0.3) is 0 Å². The molecule has 0 atom stereocenters. The Balaban J connectivity index is 0.000000461. The average molecular weight is 292 g/mol. The van der Waals surface area contributed by atoms with Gasteiger partial charge in [0, 0.05) is 4.70 Å². The van der Waals surface area contributed by atoms with Crippen LogP contribution < -0.4 is 0 Å². The summed E-state index contributed by atoms with van der Waals surface area (Å²) in [6.45, 7) is 8.00. The zero-order valence-electron chi connectivity index (χ0n) is 12.8. The highest BCUT2D eigenvalue weighted by molar-refractivity contribution is 7.21. The molecule has 3 rings (SSSR count). The molecule has 2 aromatic rings. The Morgan fingerprint density at radius 3 is 2.40 bits per heavy atom. The lowest BCUT2D eigenvalue weighted by atomic mass is 9.91. The van der Waals surface area contributed by atoms with E-state index in [0.717, 1.165) is 18.2 Å². The summed E-state index contributed by atoms with van der Waals surface area (Å²) >= 11 is 1.42. The van der Waals surface area contributed by atoms with Crippen LogP contribution in [0.5, 0.6) is 0 Å². The lowest BCUT2D eigenvalue weighted by Crippen LogP contribution is -2.01. The van der Waals surface area contributed by atoms with E-state index >= 15 is 0 Å². The highest BCUT2D eigenvalue weighted by Gasteiger charge is 2.16. The standard InChI is InChI=1S/C13H12O2S.2C2H6/c14-13(15)11-7-9-6-5-8-3-1-2-4-10(8)12(9)16-11;2*1-2/h5-7H,1-4H2,(H,14,15);2*1-2H3. The number of carboxylic acid groups (broad SMARTS) is 1. The lowest BCUT2D eigenvalue weighted by Gasteiger charge is -2.15. The number of carbonyl (C=O) groups is 1.